The summed E-state index contributed by atoms with van der Waals surface area (Å²) in [5.41, 5.74) is -0.206. The van der Waals surface area contributed by atoms with Gasteiger partial charge in [0.05, 0.1) is 11.6 Å². The predicted octanol–water partition coefficient (Wildman–Crippen LogP) is 2.09. The van der Waals surface area contributed by atoms with E-state index >= 15 is 0 Å². The second-order valence-electron chi connectivity index (χ2n) is 6.81. The molecule has 1 atom stereocenters. The first-order valence-corrected chi connectivity index (χ1v) is 8.45. The fourth-order valence-corrected chi connectivity index (χ4v) is 3.31. The van der Waals surface area contributed by atoms with Crippen LogP contribution in [0.3, 0.4) is 0 Å². The summed E-state index contributed by atoms with van der Waals surface area (Å²) in [5, 5.41) is 14.0. The molecule has 1 saturated heterocycles. The number of para-hydroxylation sites is 1. The van der Waals surface area contributed by atoms with Crippen molar-refractivity contribution in [3.05, 3.63) is 39.9 Å². The Bertz CT molecular complexity index is 718. The zero-order valence-electron chi connectivity index (χ0n) is 14.4. The van der Waals surface area contributed by atoms with E-state index in [2.05, 4.69) is 5.32 Å². The van der Waals surface area contributed by atoms with E-state index in [0.29, 0.717) is 18.7 Å². The Morgan fingerprint density at radius 1 is 1.36 bits per heavy atom. The SMILES string of the molecule is CCN(Cc1ccccc1[N+](=O)[O-])CN1C(=O)N[C@](C)(C2CC2)C1=O. The molecule has 1 heterocycles. The highest BCUT2D eigenvalue weighted by atomic mass is 16.6. The highest BCUT2D eigenvalue weighted by Gasteiger charge is 2.56. The first kappa shape index (κ1) is 17.3. The fourth-order valence-electron chi connectivity index (χ4n) is 3.31. The average Bonchev–Trinajstić information content (AvgIpc) is 3.40. The molecule has 8 nitrogen and oxygen atoms in total. The average molecular weight is 346 g/mol. The number of hydrogen-bond donors (Lipinski definition) is 1. The molecule has 1 aliphatic carbocycles. The van der Waals surface area contributed by atoms with Crippen molar-refractivity contribution in [2.75, 3.05) is 13.2 Å². The molecule has 0 spiro atoms. The molecule has 1 N–H and O–H groups in total. The minimum absolute atomic E-state index is 0.0426. The first-order valence-electron chi connectivity index (χ1n) is 8.45. The van der Waals surface area contributed by atoms with E-state index in [9.17, 15) is 19.7 Å². The van der Waals surface area contributed by atoms with E-state index in [1.54, 1.807) is 25.1 Å². The van der Waals surface area contributed by atoms with Crippen molar-refractivity contribution in [2.24, 2.45) is 5.92 Å². The van der Waals surface area contributed by atoms with Gasteiger partial charge < -0.3 is 5.32 Å². The van der Waals surface area contributed by atoms with Crippen LogP contribution < -0.4 is 5.32 Å². The Morgan fingerprint density at radius 2 is 2.04 bits per heavy atom. The van der Waals surface area contributed by atoms with Gasteiger partial charge in [-0.25, -0.2) is 9.69 Å². The van der Waals surface area contributed by atoms with Gasteiger partial charge in [-0.15, -0.1) is 0 Å². The van der Waals surface area contributed by atoms with E-state index < -0.39 is 10.5 Å². The van der Waals surface area contributed by atoms with Crippen LogP contribution in [0.5, 0.6) is 0 Å². The van der Waals surface area contributed by atoms with E-state index in [-0.39, 0.29) is 30.2 Å². The molecule has 3 rings (SSSR count). The first-order chi connectivity index (χ1) is 11.9. The predicted molar refractivity (Wildman–Crippen MR) is 90.6 cm³/mol. The molecule has 2 aliphatic rings. The Labute approximate surface area is 145 Å². The maximum atomic E-state index is 12.7. The zero-order valence-corrected chi connectivity index (χ0v) is 14.4. The summed E-state index contributed by atoms with van der Waals surface area (Å²) in [7, 11) is 0. The molecule has 0 aromatic heterocycles. The van der Waals surface area contributed by atoms with Gasteiger partial charge >= 0.3 is 6.03 Å². The summed E-state index contributed by atoms with van der Waals surface area (Å²) in [6.45, 7) is 4.65. The lowest BCUT2D eigenvalue weighted by Gasteiger charge is -2.26. The number of imide groups is 1. The van der Waals surface area contributed by atoms with Crippen LogP contribution in [0.15, 0.2) is 24.3 Å². The Kier molecular flexibility index (Phi) is 4.47. The molecule has 1 aromatic carbocycles. The van der Waals surface area contributed by atoms with Crippen LogP contribution >= 0.6 is 0 Å². The van der Waals surface area contributed by atoms with Gasteiger partial charge in [0.2, 0.25) is 0 Å². The van der Waals surface area contributed by atoms with Gasteiger partial charge in [0.25, 0.3) is 11.6 Å². The van der Waals surface area contributed by atoms with Gasteiger partial charge in [-0.2, -0.15) is 0 Å². The summed E-state index contributed by atoms with van der Waals surface area (Å²) in [6.07, 6.45) is 1.90. The van der Waals surface area contributed by atoms with Gasteiger partial charge in [0, 0.05) is 18.2 Å². The largest absolute Gasteiger partial charge is 0.326 e. The van der Waals surface area contributed by atoms with E-state index in [0.717, 1.165) is 12.8 Å². The summed E-state index contributed by atoms with van der Waals surface area (Å²) in [4.78, 5) is 38.8. The second kappa shape index (κ2) is 6.44. The Hall–Kier alpha value is -2.48. The van der Waals surface area contributed by atoms with Crippen LogP contribution in [0.4, 0.5) is 10.5 Å². The molecule has 3 amide bonds. The number of benzene rings is 1. The number of carbonyl (C=O) groups excluding carboxylic acids is 2. The normalized spacial score (nSPS) is 23.2. The molecular weight excluding hydrogens is 324 g/mol. The third-order valence-electron chi connectivity index (χ3n) is 5.07. The van der Waals surface area contributed by atoms with Crippen molar-refractivity contribution in [1.82, 2.24) is 15.1 Å². The number of urea groups is 1. The molecule has 2 fully saturated rings. The maximum absolute atomic E-state index is 12.7. The molecule has 8 heteroatoms. The van der Waals surface area contributed by atoms with Crippen LogP contribution in [0.2, 0.25) is 0 Å². The monoisotopic (exact) mass is 346 g/mol. The fraction of sp³-hybridized carbons (Fsp3) is 0.529. The van der Waals surface area contributed by atoms with Gasteiger partial charge in [-0.3, -0.25) is 19.8 Å². The van der Waals surface area contributed by atoms with Crippen LogP contribution in [-0.4, -0.2) is 45.4 Å². The van der Waals surface area contributed by atoms with Gasteiger partial charge in [0.1, 0.15) is 5.54 Å². The molecule has 0 radical (unpaired) electrons. The van der Waals surface area contributed by atoms with E-state index in [1.165, 1.54) is 11.0 Å². The van der Waals surface area contributed by atoms with Crippen molar-refractivity contribution in [1.29, 1.82) is 0 Å². The number of hydrogen-bond acceptors (Lipinski definition) is 5. The highest BCUT2D eigenvalue weighted by Crippen LogP contribution is 2.42. The summed E-state index contributed by atoms with van der Waals surface area (Å²) in [6, 6.07) is 6.13. The highest BCUT2D eigenvalue weighted by molar-refractivity contribution is 6.07. The lowest BCUT2D eigenvalue weighted by molar-refractivity contribution is -0.385. The number of nitrogens with one attached hydrogen (secondary N) is 1. The molecular formula is C17H22N4O4. The molecule has 134 valence electrons. The van der Waals surface area contributed by atoms with Crippen molar-refractivity contribution in [3.8, 4) is 0 Å². The third-order valence-corrected chi connectivity index (χ3v) is 5.07. The summed E-state index contributed by atoms with van der Waals surface area (Å²) >= 11 is 0. The van der Waals surface area contributed by atoms with Crippen molar-refractivity contribution in [2.45, 2.75) is 38.8 Å². The standard InChI is InChI=1S/C17H22N4O4/c1-3-19(10-12-6-4-5-7-14(12)21(24)25)11-20-15(22)17(2,13-8-9-13)18-16(20)23/h4-7,13H,3,8-11H2,1-2H3,(H,18,23)/t17-/m1/s1. The quantitative estimate of drug-likeness (QED) is 0.463. The number of nitro groups is 1. The minimum Gasteiger partial charge on any atom is -0.323 e. The molecule has 0 bridgehead atoms. The smallest absolute Gasteiger partial charge is 0.323 e. The summed E-state index contributed by atoms with van der Waals surface area (Å²) < 4.78 is 0. The molecule has 1 aliphatic heterocycles. The third kappa shape index (κ3) is 3.21. The maximum Gasteiger partial charge on any atom is 0.326 e. The number of amides is 3. The van der Waals surface area contributed by atoms with Crippen molar-refractivity contribution >= 4 is 17.6 Å². The van der Waals surface area contributed by atoms with Gasteiger partial charge in [-0.1, -0.05) is 25.1 Å². The molecule has 1 aromatic rings. The zero-order chi connectivity index (χ0) is 18.2. The number of rotatable bonds is 7. The number of nitro benzene ring substituents is 1. The number of carbonyl (C=O) groups is 2. The van der Waals surface area contributed by atoms with Crippen LogP contribution in [0, 0.1) is 16.0 Å². The summed E-state index contributed by atoms with van der Waals surface area (Å²) in [5.74, 6) is 0.000230. The number of nitrogens with zero attached hydrogens (tertiary/aromatic N) is 3. The van der Waals surface area contributed by atoms with Gasteiger partial charge in [-0.05, 0) is 32.2 Å². The van der Waals surface area contributed by atoms with Crippen LogP contribution in [0.25, 0.3) is 0 Å². The van der Waals surface area contributed by atoms with Crippen LogP contribution in [0.1, 0.15) is 32.3 Å². The lowest BCUT2D eigenvalue weighted by Crippen LogP contribution is -2.47. The van der Waals surface area contributed by atoms with Crippen molar-refractivity contribution in [3.63, 3.8) is 0 Å². The van der Waals surface area contributed by atoms with Gasteiger partial charge in [0.15, 0.2) is 0 Å². The van der Waals surface area contributed by atoms with E-state index in [4.69, 9.17) is 0 Å². The Balaban J connectivity index is 1.74. The minimum atomic E-state index is -0.810. The topological polar surface area (TPSA) is 95.8 Å². The molecule has 1 saturated carbocycles. The van der Waals surface area contributed by atoms with Crippen LogP contribution in [-0.2, 0) is 11.3 Å². The van der Waals surface area contributed by atoms with Crippen molar-refractivity contribution < 1.29 is 14.5 Å². The lowest BCUT2D eigenvalue weighted by atomic mass is 9.96. The van der Waals surface area contributed by atoms with E-state index in [1.807, 2.05) is 11.8 Å². The molecule has 0 unspecified atom stereocenters. The second-order valence-corrected chi connectivity index (χ2v) is 6.81. The molecule has 25 heavy (non-hydrogen) atoms. The Morgan fingerprint density at radius 3 is 2.64 bits per heavy atom.